The van der Waals surface area contributed by atoms with Gasteiger partial charge in [0.25, 0.3) is 0 Å². The molecule has 0 bridgehead atoms. The Kier molecular flexibility index (Phi) is 5.81. The highest BCUT2D eigenvalue weighted by atomic mass is 35.5. The lowest BCUT2D eigenvalue weighted by Crippen LogP contribution is -2.48. The van der Waals surface area contributed by atoms with Gasteiger partial charge in [-0.3, -0.25) is 0 Å². The van der Waals surface area contributed by atoms with Crippen LogP contribution in [-0.2, 0) is 0 Å². The molecular formula is C13H15ClF5NO. The Bertz CT molecular complexity index is 478. The number of halogens is 6. The molecule has 1 atom stereocenters. The van der Waals surface area contributed by atoms with Crippen molar-refractivity contribution < 1.29 is 26.7 Å². The van der Waals surface area contributed by atoms with Gasteiger partial charge in [-0.2, -0.15) is 22.0 Å². The zero-order valence-electron chi connectivity index (χ0n) is 11.4. The third-order valence-corrected chi connectivity index (χ3v) is 3.18. The van der Waals surface area contributed by atoms with Crippen molar-refractivity contribution in [1.82, 2.24) is 5.32 Å². The van der Waals surface area contributed by atoms with E-state index in [2.05, 4.69) is 5.32 Å². The molecule has 0 saturated carbocycles. The van der Waals surface area contributed by atoms with Gasteiger partial charge >= 0.3 is 12.1 Å². The molecule has 8 heteroatoms. The predicted molar refractivity (Wildman–Crippen MR) is 70.0 cm³/mol. The number of methoxy groups -OCH3 is 1. The van der Waals surface area contributed by atoms with Crippen molar-refractivity contribution >= 4 is 11.6 Å². The van der Waals surface area contributed by atoms with Crippen molar-refractivity contribution in [3.05, 3.63) is 28.8 Å². The first-order valence-corrected chi connectivity index (χ1v) is 6.54. The number of hydrogen-bond donors (Lipinski definition) is 1. The Morgan fingerprint density at radius 1 is 1.24 bits per heavy atom. The van der Waals surface area contributed by atoms with Crippen LogP contribution in [0.2, 0.25) is 5.02 Å². The number of ether oxygens (including phenoxy) is 1. The molecule has 0 heterocycles. The van der Waals surface area contributed by atoms with Crippen LogP contribution >= 0.6 is 11.6 Å². The van der Waals surface area contributed by atoms with Gasteiger partial charge in [0, 0.05) is 5.02 Å². The number of benzene rings is 1. The normalized spacial score (nSPS) is 14.1. The average molecular weight is 332 g/mol. The highest BCUT2D eigenvalue weighted by Crippen LogP contribution is 2.46. The second-order valence-corrected chi connectivity index (χ2v) is 4.80. The molecule has 1 unspecified atom stereocenters. The highest BCUT2D eigenvalue weighted by molar-refractivity contribution is 6.31. The minimum Gasteiger partial charge on any atom is -0.497 e. The van der Waals surface area contributed by atoms with Crippen LogP contribution < -0.4 is 10.1 Å². The van der Waals surface area contributed by atoms with E-state index in [0.717, 1.165) is 6.07 Å². The van der Waals surface area contributed by atoms with E-state index in [9.17, 15) is 22.0 Å². The molecule has 0 aliphatic heterocycles. The Balaban J connectivity index is 3.25. The van der Waals surface area contributed by atoms with E-state index in [1.165, 1.54) is 19.2 Å². The summed E-state index contributed by atoms with van der Waals surface area (Å²) in [5.41, 5.74) is -0.326. The Morgan fingerprint density at radius 3 is 2.29 bits per heavy atom. The molecule has 0 aliphatic rings. The minimum atomic E-state index is -5.68. The molecule has 0 aliphatic carbocycles. The summed E-state index contributed by atoms with van der Waals surface area (Å²) in [6.07, 6.45) is -5.28. The molecule has 0 saturated heterocycles. The zero-order chi connectivity index (χ0) is 16.3. The molecule has 0 fully saturated rings. The quantitative estimate of drug-likeness (QED) is 0.770. The Morgan fingerprint density at radius 2 is 1.86 bits per heavy atom. The van der Waals surface area contributed by atoms with E-state index in [1.807, 2.05) is 0 Å². The zero-order valence-corrected chi connectivity index (χ0v) is 12.2. The largest absolute Gasteiger partial charge is 0.497 e. The lowest BCUT2D eigenvalue weighted by Gasteiger charge is -2.30. The molecule has 1 aromatic carbocycles. The Labute approximate surface area is 124 Å². The first-order valence-electron chi connectivity index (χ1n) is 6.16. The molecule has 0 aromatic heterocycles. The standard InChI is InChI=1S/C13H15ClF5NO/c1-3-6-20-11(12(15,16)13(17,18)19)9-5-4-8(21-2)7-10(9)14/h4-5,7,11,20H,3,6H2,1-2H3. The summed E-state index contributed by atoms with van der Waals surface area (Å²) in [6, 6.07) is 1.34. The van der Waals surface area contributed by atoms with Crippen molar-refractivity contribution in [2.24, 2.45) is 0 Å². The van der Waals surface area contributed by atoms with E-state index in [1.54, 1.807) is 6.92 Å². The van der Waals surface area contributed by atoms with Crippen molar-refractivity contribution in [2.45, 2.75) is 31.5 Å². The number of alkyl halides is 5. The van der Waals surface area contributed by atoms with Crippen molar-refractivity contribution in [2.75, 3.05) is 13.7 Å². The maximum absolute atomic E-state index is 13.7. The molecule has 0 amide bonds. The van der Waals surface area contributed by atoms with Gasteiger partial charge in [0.05, 0.1) is 7.11 Å². The summed E-state index contributed by atoms with van der Waals surface area (Å²) in [6.45, 7) is 1.66. The maximum Gasteiger partial charge on any atom is 0.455 e. The van der Waals surface area contributed by atoms with E-state index in [4.69, 9.17) is 16.3 Å². The summed E-state index contributed by atoms with van der Waals surface area (Å²) in [4.78, 5) is 0. The van der Waals surface area contributed by atoms with E-state index in [-0.39, 0.29) is 22.9 Å². The minimum absolute atomic E-state index is 0.00129. The van der Waals surface area contributed by atoms with Crippen LogP contribution in [0.1, 0.15) is 24.9 Å². The van der Waals surface area contributed by atoms with Crippen LogP contribution in [0.15, 0.2) is 18.2 Å². The van der Waals surface area contributed by atoms with E-state index < -0.39 is 18.1 Å². The lowest BCUT2D eigenvalue weighted by atomic mass is 9.99. The topological polar surface area (TPSA) is 21.3 Å². The monoisotopic (exact) mass is 331 g/mol. The number of nitrogens with one attached hydrogen (secondary N) is 1. The van der Waals surface area contributed by atoms with Crippen LogP contribution in [0.4, 0.5) is 22.0 Å². The summed E-state index contributed by atoms with van der Waals surface area (Å²) >= 11 is 5.82. The van der Waals surface area contributed by atoms with Gasteiger partial charge in [-0.05, 0) is 30.7 Å². The average Bonchev–Trinajstić information content (AvgIpc) is 2.39. The molecule has 1 N–H and O–H groups in total. The van der Waals surface area contributed by atoms with Gasteiger partial charge in [0.15, 0.2) is 0 Å². The fraction of sp³-hybridized carbons (Fsp3) is 0.538. The number of rotatable bonds is 6. The Hall–Kier alpha value is -1.08. The van der Waals surface area contributed by atoms with Crippen LogP contribution in [0, 0.1) is 0 Å². The molecule has 1 aromatic rings. The van der Waals surface area contributed by atoms with Gasteiger partial charge < -0.3 is 10.1 Å². The van der Waals surface area contributed by atoms with Crippen LogP contribution in [0.5, 0.6) is 5.75 Å². The van der Waals surface area contributed by atoms with Crippen molar-refractivity contribution in [3.8, 4) is 5.75 Å². The molecule has 2 nitrogen and oxygen atoms in total. The molecule has 21 heavy (non-hydrogen) atoms. The highest BCUT2D eigenvalue weighted by Gasteiger charge is 2.62. The van der Waals surface area contributed by atoms with Crippen molar-refractivity contribution in [1.29, 1.82) is 0 Å². The first kappa shape index (κ1) is 18.0. The molecule has 1 rings (SSSR count). The smallest absolute Gasteiger partial charge is 0.455 e. The summed E-state index contributed by atoms with van der Waals surface area (Å²) < 4.78 is 70.1. The fourth-order valence-corrected chi connectivity index (χ4v) is 2.03. The third-order valence-electron chi connectivity index (χ3n) is 2.86. The first-order chi connectivity index (χ1) is 9.65. The van der Waals surface area contributed by atoms with Gasteiger partial charge in [0.2, 0.25) is 0 Å². The van der Waals surface area contributed by atoms with Gasteiger partial charge in [0.1, 0.15) is 11.8 Å². The van der Waals surface area contributed by atoms with Gasteiger partial charge in [-0.1, -0.05) is 24.6 Å². The number of hydrogen-bond acceptors (Lipinski definition) is 2. The van der Waals surface area contributed by atoms with E-state index in [0.29, 0.717) is 6.42 Å². The van der Waals surface area contributed by atoms with Gasteiger partial charge in [-0.15, -0.1) is 0 Å². The van der Waals surface area contributed by atoms with Crippen LogP contribution in [0.25, 0.3) is 0 Å². The molecule has 0 radical (unpaired) electrons. The van der Waals surface area contributed by atoms with Crippen molar-refractivity contribution in [3.63, 3.8) is 0 Å². The summed E-state index contributed by atoms with van der Waals surface area (Å²) in [7, 11) is 1.34. The molecular weight excluding hydrogens is 317 g/mol. The van der Waals surface area contributed by atoms with E-state index >= 15 is 0 Å². The second kappa shape index (κ2) is 6.79. The maximum atomic E-state index is 13.7. The van der Waals surface area contributed by atoms with Gasteiger partial charge in [-0.25, -0.2) is 0 Å². The predicted octanol–water partition coefficient (Wildman–Crippen LogP) is 4.59. The van der Waals surface area contributed by atoms with Crippen LogP contribution in [0.3, 0.4) is 0 Å². The molecule has 120 valence electrons. The van der Waals surface area contributed by atoms with Crippen LogP contribution in [-0.4, -0.2) is 25.8 Å². The lowest BCUT2D eigenvalue weighted by molar-refractivity contribution is -0.294. The summed E-state index contributed by atoms with van der Waals surface area (Å²) in [5.74, 6) is -4.67. The molecule has 0 spiro atoms. The summed E-state index contributed by atoms with van der Waals surface area (Å²) in [5, 5.41) is 2.00. The SMILES string of the molecule is CCCNC(c1ccc(OC)cc1Cl)C(F)(F)C(F)(F)F. The fourth-order valence-electron chi connectivity index (χ4n) is 1.75. The third kappa shape index (κ3) is 3.97. The second-order valence-electron chi connectivity index (χ2n) is 4.40.